The van der Waals surface area contributed by atoms with Gasteiger partial charge in [-0.1, -0.05) is 31.0 Å². The number of β-amino-alcohol motifs (C(OH)–C–C–N with tert-alkyl or cyclic N) is 1. The lowest BCUT2D eigenvalue weighted by atomic mass is 9.78. The van der Waals surface area contributed by atoms with Gasteiger partial charge in [-0.3, -0.25) is 14.3 Å². The van der Waals surface area contributed by atoms with Gasteiger partial charge in [0.1, 0.15) is 11.5 Å². The molecule has 1 atom stereocenters. The molecule has 2 aliphatic rings. The fourth-order valence-electron chi connectivity index (χ4n) is 4.24. The molecule has 1 aromatic heterocycles. The smallest absolute Gasteiger partial charge is 0.271 e. The number of amides is 2. The number of halogens is 1. The van der Waals surface area contributed by atoms with E-state index in [9.17, 15) is 19.1 Å². The van der Waals surface area contributed by atoms with Crippen LogP contribution in [0.4, 0.5) is 4.39 Å². The lowest BCUT2D eigenvalue weighted by Crippen LogP contribution is -2.39. The van der Waals surface area contributed by atoms with Crippen molar-refractivity contribution in [1.29, 1.82) is 0 Å². The van der Waals surface area contributed by atoms with Crippen LogP contribution in [-0.2, 0) is 12.0 Å². The van der Waals surface area contributed by atoms with Crippen LogP contribution in [0.3, 0.4) is 0 Å². The highest BCUT2D eigenvalue weighted by molar-refractivity contribution is 5.98. The number of nitrogens with one attached hydrogen (secondary N) is 2. The number of nitrogens with zero attached hydrogens (tertiary/aromatic N) is 2. The van der Waals surface area contributed by atoms with E-state index in [1.54, 1.807) is 12.1 Å². The normalized spacial score (nSPS) is 20.9. The van der Waals surface area contributed by atoms with E-state index in [0.717, 1.165) is 25.7 Å². The summed E-state index contributed by atoms with van der Waals surface area (Å²) in [6.45, 7) is 0.596. The number of aromatic nitrogens is 2. The van der Waals surface area contributed by atoms with E-state index in [2.05, 4.69) is 15.7 Å². The highest BCUT2D eigenvalue weighted by Crippen LogP contribution is 2.41. The van der Waals surface area contributed by atoms with E-state index in [1.165, 1.54) is 16.8 Å². The van der Waals surface area contributed by atoms with Crippen molar-refractivity contribution >= 4 is 11.8 Å². The van der Waals surface area contributed by atoms with Crippen LogP contribution in [0.2, 0.25) is 0 Å². The average Bonchev–Trinajstić information content (AvgIpc) is 3.30. The van der Waals surface area contributed by atoms with Gasteiger partial charge in [-0.15, -0.1) is 0 Å². The number of carbonyl (C=O) groups is 2. The molecule has 0 radical (unpaired) electrons. The maximum atomic E-state index is 14.4. The minimum atomic E-state index is -0.760. The zero-order valence-electron chi connectivity index (χ0n) is 15.4. The Morgan fingerprint density at radius 2 is 2.11 bits per heavy atom. The highest BCUT2D eigenvalue weighted by atomic mass is 19.1. The molecule has 2 amide bonds. The maximum absolute atomic E-state index is 14.4. The van der Waals surface area contributed by atoms with Crippen LogP contribution >= 0.6 is 0 Å². The van der Waals surface area contributed by atoms with Gasteiger partial charge in [-0.25, -0.2) is 4.39 Å². The van der Waals surface area contributed by atoms with Gasteiger partial charge >= 0.3 is 0 Å². The molecule has 2 aromatic rings. The molecule has 0 unspecified atom stereocenters. The zero-order chi connectivity index (χ0) is 19.7. The third-order valence-corrected chi connectivity index (χ3v) is 5.72. The van der Waals surface area contributed by atoms with Gasteiger partial charge in [0, 0.05) is 24.6 Å². The highest BCUT2D eigenvalue weighted by Gasteiger charge is 2.38. The second-order valence-corrected chi connectivity index (χ2v) is 7.61. The Morgan fingerprint density at radius 1 is 1.36 bits per heavy atom. The number of hydrogen-bond donors (Lipinski definition) is 3. The Balaban J connectivity index is 1.53. The van der Waals surface area contributed by atoms with Crippen molar-refractivity contribution in [2.75, 3.05) is 13.1 Å². The minimum absolute atomic E-state index is 0.112. The molecular formula is C20H23FN4O3. The SMILES string of the molecule is O=C(NCC1(c2ccccc2F)CCCC1)c1cc2n(n1)C[C@H](O)CNC2=O. The molecule has 1 aliphatic carbocycles. The molecule has 0 spiro atoms. The summed E-state index contributed by atoms with van der Waals surface area (Å²) in [6, 6.07) is 8.15. The van der Waals surface area contributed by atoms with E-state index < -0.39 is 17.4 Å². The fraction of sp³-hybridized carbons (Fsp3) is 0.450. The maximum Gasteiger partial charge on any atom is 0.271 e. The third-order valence-electron chi connectivity index (χ3n) is 5.72. The van der Waals surface area contributed by atoms with Crippen LogP contribution in [0.5, 0.6) is 0 Å². The molecule has 7 nitrogen and oxygen atoms in total. The number of fused-ring (bicyclic) bond motifs is 1. The molecule has 1 fully saturated rings. The second-order valence-electron chi connectivity index (χ2n) is 7.61. The molecule has 3 N–H and O–H groups in total. The van der Waals surface area contributed by atoms with Crippen LogP contribution in [0.1, 0.15) is 52.2 Å². The minimum Gasteiger partial charge on any atom is -0.389 e. The van der Waals surface area contributed by atoms with E-state index in [1.807, 2.05) is 6.07 Å². The molecule has 148 valence electrons. The Kier molecular flexibility index (Phi) is 4.89. The first-order chi connectivity index (χ1) is 13.5. The second kappa shape index (κ2) is 7.35. The number of rotatable bonds is 4. The fourth-order valence-corrected chi connectivity index (χ4v) is 4.24. The Labute approximate surface area is 161 Å². The van der Waals surface area contributed by atoms with E-state index >= 15 is 0 Å². The van der Waals surface area contributed by atoms with Gasteiger partial charge in [-0.05, 0) is 24.5 Å². The molecule has 28 heavy (non-hydrogen) atoms. The van der Waals surface area contributed by atoms with E-state index in [-0.39, 0.29) is 36.2 Å². The molecule has 4 rings (SSSR count). The Morgan fingerprint density at radius 3 is 2.86 bits per heavy atom. The van der Waals surface area contributed by atoms with Crippen molar-refractivity contribution in [3.05, 3.63) is 53.1 Å². The summed E-state index contributed by atoms with van der Waals surface area (Å²) in [5.74, 6) is -1.04. The van der Waals surface area contributed by atoms with Gasteiger partial charge in [0.05, 0.1) is 12.6 Å². The van der Waals surface area contributed by atoms with Gasteiger partial charge < -0.3 is 15.7 Å². The third kappa shape index (κ3) is 3.40. The van der Waals surface area contributed by atoms with Gasteiger partial charge in [0.15, 0.2) is 5.69 Å². The first kappa shape index (κ1) is 18.6. The summed E-state index contributed by atoms with van der Waals surface area (Å²) in [7, 11) is 0. The number of aliphatic hydroxyl groups is 1. The van der Waals surface area contributed by atoms with Gasteiger partial charge in [-0.2, -0.15) is 5.10 Å². The number of carbonyl (C=O) groups excluding carboxylic acids is 2. The number of hydrogen-bond acceptors (Lipinski definition) is 4. The summed E-state index contributed by atoms with van der Waals surface area (Å²) in [4.78, 5) is 24.7. The number of aliphatic hydroxyl groups excluding tert-OH is 1. The van der Waals surface area contributed by atoms with Crippen LogP contribution in [0.15, 0.2) is 30.3 Å². The van der Waals surface area contributed by atoms with Crippen LogP contribution in [-0.4, -0.2) is 45.9 Å². The largest absolute Gasteiger partial charge is 0.389 e. The molecule has 1 aliphatic heterocycles. The van der Waals surface area contributed by atoms with Crippen molar-refractivity contribution in [2.24, 2.45) is 0 Å². The Bertz CT molecular complexity index is 905. The molecule has 0 saturated heterocycles. The van der Waals surface area contributed by atoms with Gasteiger partial charge in [0.2, 0.25) is 0 Å². The summed E-state index contributed by atoms with van der Waals surface area (Å²) < 4.78 is 15.8. The monoisotopic (exact) mass is 386 g/mol. The summed E-state index contributed by atoms with van der Waals surface area (Å²) in [5, 5.41) is 19.5. The zero-order valence-corrected chi connectivity index (χ0v) is 15.4. The summed E-state index contributed by atoms with van der Waals surface area (Å²) in [5.41, 5.74) is 0.564. The summed E-state index contributed by atoms with van der Waals surface area (Å²) in [6.07, 6.45) is 2.83. The van der Waals surface area contributed by atoms with Crippen LogP contribution < -0.4 is 10.6 Å². The Hall–Kier alpha value is -2.74. The van der Waals surface area contributed by atoms with Crippen molar-refractivity contribution in [2.45, 2.75) is 43.7 Å². The van der Waals surface area contributed by atoms with Crippen molar-refractivity contribution in [3.63, 3.8) is 0 Å². The molecule has 0 bridgehead atoms. The molecular weight excluding hydrogens is 363 g/mol. The van der Waals surface area contributed by atoms with Crippen molar-refractivity contribution in [3.8, 4) is 0 Å². The molecule has 1 aromatic carbocycles. The van der Waals surface area contributed by atoms with Crippen molar-refractivity contribution < 1.29 is 19.1 Å². The predicted molar refractivity (Wildman–Crippen MR) is 99.4 cm³/mol. The predicted octanol–water partition coefficient (Wildman–Crippen LogP) is 1.37. The molecule has 8 heteroatoms. The summed E-state index contributed by atoms with van der Waals surface area (Å²) >= 11 is 0. The van der Waals surface area contributed by atoms with Crippen LogP contribution in [0, 0.1) is 5.82 Å². The van der Waals surface area contributed by atoms with Crippen LogP contribution in [0.25, 0.3) is 0 Å². The van der Waals surface area contributed by atoms with E-state index in [0.29, 0.717) is 12.1 Å². The van der Waals surface area contributed by atoms with Crippen molar-refractivity contribution in [1.82, 2.24) is 20.4 Å². The lowest BCUT2D eigenvalue weighted by Gasteiger charge is -2.30. The number of benzene rings is 1. The standard InChI is InChI=1S/C20H23FN4O3/c21-15-6-2-1-5-14(15)20(7-3-4-8-20)12-23-18(27)16-9-17-19(28)22-10-13(26)11-25(17)24-16/h1-2,5-6,9,13,26H,3-4,7-8,10-12H2,(H,22,28)(H,23,27)/t13-/m1/s1. The lowest BCUT2D eigenvalue weighted by molar-refractivity contribution is 0.0931. The molecule has 1 saturated carbocycles. The van der Waals surface area contributed by atoms with E-state index in [4.69, 9.17) is 0 Å². The molecule has 2 heterocycles. The quantitative estimate of drug-likeness (QED) is 0.739. The first-order valence-corrected chi connectivity index (χ1v) is 9.56. The van der Waals surface area contributed by atoms with Gasteiger partial charge in [0.25, 0.3) is 11.8 Å². The first-order valence-electron chi connectivity index (χ1n) is 9.56. The average molecular weight is 386 g/mol. The topological polar surface area (TPSA) is 96.2 Å².